The summed E-state index contributed by atoms with van der Waals surface area (Å²) in [6, 6.07) is 7.79. The van der Waals surface area contributed by atoms with Crippen LogP contribution in [0, 0.1) is 25.5 Å². The van der Waals surface area contributed by atoms with Gasteiger partial charge >= 0.3 is 0 Å². The Kier molecular flexibility index (Phi) is 12.4. The van der Waals surface area contributed by atoms with Crippen LogP contribution in [-0.4, -0.2) is 76.6 Å². The van der Waals surface area contributed by atoms with Crippen LogP contribution in [0.25, 0.3) is 11.4 Å². The second kappa shape index (κ2) is 15.1. The Morgan fingerprint density at radius 3 is 2.51 bits per heavy atom. The number of rotatable bonds is 11. The monoisotopic (exact) mass is 613 g/mol. The van der Waals surface area contributed by atoms with E-state index in [1.807, 2.05) is 13.0 Å². The lowest BCUT2D eigenvalue weighted by molar-refractivity contribution is -0.151. The first-order valence-corrected chi connectivity index (χ1v) is 12.8. The van der Waals surface area contributed by atoms with E-state index in [9.17, 15) is 18.4 Å². The molecule has 1 aliphatic rings. The van der Waals surface area contributed by atoms with Gasteiger partial charge in [0.25, 0.3) is 5.91 Å². The molecule has 0 fully saturated rings. The van der Waals surface area contributed by atoms with Crippen molar-refractivity contribution in [1.82, 2.24) is 30.4 Å². The molecular weight excluding hydrogens is 579 g/mol. The van der Waals surface area contributed by atoms with E-state index in [1.165, 1.54) is 28.1 Å². The van der Waals surface area contributed by atoms with Crippen LogP contribution in [0.15, 0.2) is 34.9 Å². The molecule has 0 aliphatic carbocycles. The standard InChI is InChI=1S/C27H33F2N7O3.2ClH/c1-5-30-9-10-35(16-26(38)34(4)36-14-19-7-6-8-22(28)21(19)15-36)25(37)13-31-24-12-20(23(29)11-17(24)2)27-32-18(3)39-33-27;;/h6-8,11-12,30-31H,5,9-10,13-16H2,1-4H3;2*1H. The number of hydrogen-bond donors (Lipinski definition) is 2. The number of carbonyl (C=O) groups excluding carboxylic acids is 2. The van der Waals surface area contributed by atoms with Crippen LogP contribution in [0.3, 0.4) is 0 Å². The van der Waals surface area contributed by atoms with Crippen LogP contribution in [0.1, 0.15) is 29.5 Å². The fourth-order valence-corrected chi connectivity index (χ4v) is 4.41. The number of carbonyl (C=O) groups is 2. The van der Waals surface area contributed by atoms with Gasteiger partial charge in [0.1, 0.15) is 18.2 Å². The molecule has 1 aliphatic heterocycles. The molecule has 2 heterocycles. The van der Waals surface area contributed by atoms with E-state index in [2.05, 4.69) is 20.8 Å². The highest BCUT2D eigenvalue weighted by Crippen LogP contribution is 2.27. The summed E-state index contributed by atoms with van der Waals surface area (Å²) >= 11 is 0. The van der Waals surface area contributed by atoms with Crippen LogP contribution in [-0.2, 0) is 22.7 Å². The first-order valence-electron chi connectivity index (χ1n) is 12.8. The number of hydrogen-bond acceptors (Lipinski definition) is 8. The predicted molar refractivity (Wildman–Crippen MR) is 156 cm³/mol. The number of halogens is 4. The second-order valence-corrected chi connectivity index (χ2v) is 9.42. The van der Waals surface area contributed by atoms with Gasteiger partial charge in [-0.1, -0.05) is 24.2 Å². The van der Waals surface area contributed by atoms with Crippen molar-refractivity contribution in [1.29, 1.82) is 0 Å². The van der Waals surface area contributed by atoms with Crippen molar-refractivity contribution in [2.45, 2.75) is 33.9 Å². The Morgan fingerprint density at radius 2 is 1.85 bits per heavy atom. The number of aromatic nitrogens is 2. The first kappa shape index (κ1) is 33.9. The molecule has 0 saturated carbocycles. The minimum atomic E-state index is -0.505. The average molecular weight is 615 g/mol. The SMILES string of the molecule is CCNCCN(CC(=O)N(C)N1Cc2cccc(F)c2C1)C(=O)CNc1cc(-c2noc(C)n2)c(F)cc1C.Cl.Cl. The summed E-state index contributed by atoms with van der Waals surface area (Å²) in [5.74, 6) is -0.965. The predicted octanol–water partition coefficient (Wildman–Crippen LogP) is 3.71. The van der Waals surface area contributed by atoms with Crippen LogP contribution in [0.2, 0.25) is 0 Å². The van der Waals surface area contributed by atoms with Crippen molar-refractivity contribution in [3.63, 3.8) is 0 Å². The summed E-state index contributed by atoms with van der Waals surface area (Å²) < 4.78 is 33.7. The van der Waals surface area contributed by atoms with Gasteiger partial charge in [0, 0.05) is 51.4 Å². The zero-order valence-corrected chi connectivity index (χ0v) is 25.0. The molecule has 0 bridgehead atoms. The van der Waals surface area contributed by atoms with Gasteiger partial charge in [-0.3, -0.25) is 14.6 Å². The van der Waals surface area contributed by atoms with Crippen molar-refractivity contribution < 1.29 is 22.9 Å². The Morgan fingerprint density at radius 1 is 1.10 bits per heavy atom. The fraction of sp³-hybridized carbons (Fsp3) is 0.407. The fourth-order valence-electron chi connectivity index (χ4n) is 4.41. The van der Waals surface area contributed by atoms with Gasteiger partial charge in [-0.05, 0) is 42.8 Å². The maximum atomic E-state index is 14.6. The number of aryl methyl sites for hydroxylation is 2. The molecule has 0 saturated heterocycles. The number of amides is 2. The third kappa shape index (κ3) is 8.13. The Hall–Kier alpha value is -3.32. The van der Waals surface area contributed by atoms with Gasteiger partial charge in [-0.25, -0.2) is 13.8 Å². The molecule has 41 heavy (non-hydrogen) atoms. The zero-order valence-electron chi connectivity index (χ0n) is 23.4. The van der Waals surface area contributed by atoms with Gasteiger partial charge in [-0.15, -0.1) is 24.8 Å². The summed E-state index contributed by atoms with van der Waals surface area (Å²) in [4.78, 5) is 32.0. The van der Waals surface area contributed by atoms with Crippen LogP contribution >= 0.6 is 24.8 Å². The molecule has 0 atom stereocenters. The topological polar surface area (TPSA) is 107 Å². The van der Waals surface area contributed by atoms with Crippen LogP contribution < -0.4 is 10.6 Å². The van der Waals surface area contributed by atoms with Gasteiger partial charge in [0.2, 0.25) is 17.6 Å². The molecule has 3 aromatic rings. The quantitative estimate of drug-likeness (QED) is 0.315. The maximum Gasteiger partial charge on any atom is 0.256 e. The van der Waals surface area contributed by atoms with Crippen molar-refractivity contribution in [3.8, 4) is 11.4 Å². The molecule has 4 rings (SSSR count). The lowest BCUT2D eigenvalue weighted by atomic mass is 10.1. The van der Waals surface area contributed by atoms with Crippen molar-refractivity contribution >= 4 is 42.3 Å². The Labute approximate surface area is 250 Å². The molecular formula is C27H35Cl2F2N7O3. The van der Waals surface area contributed by atoms with E-state index in [4.69, 9.17) is 4.52 Å². The molecule has 0 spiro atoms. The number of anilines is 1. The highest BCUT2D eigenvalue weighted by Gasteiger charge is 2.28. The maximum absolute atomic E-state index is 14.6. The highest BCUT2D eigenvalue weighted by molar-refractivity contribution is 5.87. The van der Waals surface area contributed by atoms with Gasteiger partial charge in [0.05, 0.1) is 12.1 Å². The van der Waals surface area contributed by atoms with E-state index >= 15 is 0 Å². The van der Waals surface area contributed by atoms with Crippen molar-refractivity contribution in [2.24, 2.45) is 0 Å². The number of fused-ring (bicyclic) bond motifs is 1. The van der Waals surface area contributed by atoms with Crippen molar-refractivity contribution in [2.75, 3.05) is 45.1 Å². The molecule has 2 aromatic carbocycles. The lowest BCUT2D eigenvalue weighted by Gasteiger charge is -2.31. The second-order valence-electron chi connectivity index (χ2n) is 9.42. The first-order chi connectivity index (χ1) is 18.7. The average Bonchev–Trinajstić information content (AvgIpc) is 3.54. The molecule has 2 amide bonds. The minimum Gasteiger partial charge on any atom is -0.376 e. The zero-order chi connectivity index (χ0) is 28.1. The van der Waals surface area contributed by atoms with Crippen LogP contribution in [0.5, 0.6) is 0 Å². The molecule has 10 nitrogen and oxygen atoms in total. The lowest BCUT2D eigenvalue weighted by Crippen LogP contribution is -2.49. The summed E-state index contributed by atoms with van der Waals surface area (Å²) in [7, 11) is 1.63. The summed E-state index contributed by atoms with van der Waals surface area (Å²) in [6.07, 6.45) is 0. The number of nitrogens with zero attached hydrogens (tertiary/aromatic N) is 5. The third-order valence-corrected chi connectivity index (χ3v) is 6.69. The number of benzene rings is 2. The van der Waals surface area contributed by atoms with E-state index in [0.29, 0.717) is 42.3 Å². The van der Waals surface area contributed by atoms with E-state index in [0.717, 1.165) is 12.1 Å². The number of hydrazine groups is 1. The molecule has 2 N–H and O–H groups in total. The smallest absolute Gasteiger partial charge is 0.256 e. The van der Waals surface area contributed by atoms with Gasteiger partial charge in [0.15, 0.2) is 0 Å². The molecule has 0 radical (unpaired) electrons. The molecule has 14 heteroatoms. The van der Waals surface area contributed by atoms with Crippen LogP contribution in [0.4, 0.5) is 14.5 Å². The Bertz CT molecular complexity index is 1360. The van der Waals surface area contributed by atoms with Gasteiger partial charge in [-0.2, -0.15) is 4.98 Å². The minimum absolute atomic E-state index is 0. The van der Waals surface area contributed by atoms with E-state index in [1.54, 1.807) is 32.0 Å². The summed E-state index contributed by atoms with van der Waals surface area (Å²) in [6.45, 7) is 7.28. The Balaban J connectivity index is 0.00000294. The summed E-state index contributed by atoms with van der Waals surface area (Å²) in [5, 5.41) is 13.2. The van der Waals surface area contributed by atoms with E-state index in [-0.39, 0.29) is 73.5 Å². The van der Waals surface area contributed by atoms with Crippen molar-refractivity contribution in [3.05, 3.63) is 64.5 Å². The molecule has 224 valence electrons. The van der Waals surface area contributed by atoms with E-state index < -0.39 is 5.82 Å². The molecule has 1 aromatic heterocycles. The molecule has 0 unspecified atom stereocenters. The number of nitrogens with one attached hydrogen (secondary N) is 2. The summed E-state index contributed by atoms with van der Waals surface area (Å²) in [5.41, 5.74) is 2.70. The number of likely N-dealkylation sites (N-methyl/N-ethyl adjacent to an activating group) is 2. The van der Waals surface area contributed by atoms with Gasteiger partial charge < -0.3 is 20.1 Å². The largest absolute Gasteiger partial charge is 0.376 e. The normalized spacial score (nSPS) is 12.2. The highest BCUT2D eigenvalue weighted by atomic mass is 35.5. The third-order valence-electron chi connectivity index (χ3n) is 6.69.